The van der Waals surface area contributed by atoms with Gasteiger partial charge in [0.15, 0.2) is 0 Å². The lowest BCUT2D eigenvalue weighted by Gasteiger charge is -2.39. The van der Waals surface area contributed by atoms with Crippen LogP contribution >= 0.6 is 0 Å². The molecule has 2 heterocycles. The van der Waals surface area contributed by atoms with E-state index in [1.54, 1.807) is 9.80 Å². The van der Waals surface area contributed by atoms with Crippen molar-refractivity contribution < 1.29 is 24.3 Å². The van der Waals surface area contributed by atoms with Crippen LogP contribution in [0.4, 0.5) is 4.79 Å². The van der Waals surface area contributed by atoms with E-state index in [4.69, 9.17) is 0 Å². The second-order valence-corrected chi connectivity index (χ2v) is 10.3. The van der Waals surface area contributed by atoms with Crippen molar-refractivity contribution in [1.82, 2.24) is 25.0 Å². The summed E-state index contributed by atoms with van der Waals surface area (Å²) in [6.45, 7) is 5.10. The van der Waals surface area contributed by atoms with Crippen LogP contribution in [0.25, 0.3) is 10.9 Å². The lowest BCUT2D eigenvalue weighted by atomic mass is 9.83. The fourth-order valence-electron chi connectivity index (χ4n) is 5.38. The highest BCUT2D eigenvalue weighted by molar-refractivity contribution is 5.98. The first-order valence-electron chi connectivity index (χ1n) is 13.1. The minimum Gasteiger partial charge on any atom is -0.465 e. The Balaban J connectivity index is 1.41. The maximum Gasteiger partial charge on any atom is 0.407 e. The number of aryl methyl sites for hydroxylation is 1. The van der Waals surface area contributed by atoms with Crippen molar-refractivity contribution in [3.05, 3.63) is 35.5 Å². The number of aromatic amines is 1. The molecular weight excluding hydrogens is 474 g/mol. The van der Waals surface area contributed by atoms with Crippen LogP contribution in [0.1, 0.15) is 55.1 Å². The van der Waals surface area contributed by atoms with Gasteiger partial charge in [0.2, 0.25) is 11.8 Å². The van der Waals surface area contributed by atoms with Gasteiger partial charge >= 0.3 is 6.09 Å². The molecule has 1 saturated carbocycles. The summed E-state index contributed by atoms with van der Waals surface area (Å²) in [5.41, 5.74) is 2.65. The number of nitrogens with one attached hydrogen (secondary N) is 2. The number of rotatable bonds is 6. The zero-order valence-electron chi connectivity index (χ0n) is 21.8. The van der Waals surface area contributed by atoms with E-state index in [0.29, 0.717) is 31.7 Å². The second kappa shape index (κ2) is 11.2. The number of fused-ring (bicyclic) bond motifs is 1. The molecule has 0 spiro atoms. The third-order valence-corrected chi connectivity index (χ3v) is 7.83. The van der Waals surface area contributed by atoms with Crippen LogP contribution < -0.4 is 5.32 Å². The van der Waals surface area contributed by atoms with Gasteiger partial charge < -0.3 is 25.2 Å². The number of nitrogens with zero attached hydrogens (tertiary/aromatic N) is 3. The number of benzene rings is 1. The third-order valence-electron chi connectivity index (χ3n) is 7.83. The summed E-state index contributed by atoms with van der Waals surface area (Å²) in [6.07, 6.45) is 3.61. The van der Waals surface area contributed by atoms with Gasteiger partial charge in [0.25, 0.3) is 5.91 Å². The molecule has 4 rings (SSSR count). The number of hydrogen-bond acceptors (Lipinski definition) is 4. The molecule has 2 atom stereocenters. The van der Waals surface area contributed by atoms with Gasteiger partial charge in [0, 0.05) is 55.4 Å². The summed E-state index contributed by atoms with van der Waals surface area (Å²) < 4.78 is 0. The minimum absolute atomic E-state index is 0.0173. The first-order chi connectivity index (χ1) is 17.7. The molecule has 4 amide bonds. The summed E-state index contributed by atoms with van der Waals surface area (Å²) in [6, 6.07) is 6.03. The van der Waals surface area contributed by atoms with E-state index < -0.39 is 24.1 Å². The largest absolute Gasteiger partial charge is 0.465 e. The quantitative estimate of drug-likeness (QED) is 0.550. The van der Waals surface area contributed by atoms with Crippen LogP contribution in [-0.4, -0.2) is 93.9 Å². The predicted molar refractivity (Wildman–Crippen MR) is 139 cm³/mol. The lowest BCUT2D eigenvalue weighted by molar-refractivity contribution is -0.140. The monoisotopic (exact) mass is 511 g/mol. The molecule has 2 fully saturated rings. The van der Waals surface area contributed by atoms with Gasteiger partial charge in [0.1, 0.15) is 12.1 Å². The van der Waals surface area contributed by atoms with Crippen molar-refractivity contribution in [3.63, 3.8) is 0 Å². The average Bonchev–Trinajstić information content (AvgIpc) is 3.29. The van der Waals surface area contributed by atoms with Crippen LogP contribution in [0.2, 0.25) is 0 Å². The van der Waals surface area contributed by atoms with Crippen molar-refractivity contribution in [2.24, 2.45) is 5.92 Å². The minimum atomic E-state index is -1.20. The number of H-pyrrole nitrogens is 1. The zero-order valence-corrected chi connectivity index (χ0v) is 21.8. The Kier molecular flexibility index (Phi) is 8.04. The molecule has 1 aromatic carbocycles. The van der Waals surface area contributed by atoms with Gasteiger partial charge in [-0.3, -0.25) is 19.3 Å². The summed E-state index contributed by atoms with van der Waals surface area (Å²) in [5.74, 6) is -0.668. The zero-order chi connectivity index (χ0) is 26.7. The molecular formula is C27H37N5O5. The number of carbonyl (C=O) groups excluding carboxylic acids is 3. The van der Waals surface area contributed by atoms with Crippen molar-refractivity contribution in [1.29, 1.82) is 0 Å². The molecule has 2 aliphatic rings. The van der Waals surface area contributed by atoms with E-state index in [1.165, 1.54) is 14.0 Å². The molecule has 1 aliphatic carbocycles. The third kappa shape index (κ3) is 5.89. The molecule has 1 aromatic heterocycles. The van der Waals surface area contributed by atoms with E-state index in [-0.39, 0.29) is 17.7 Å². The molecule has 10 heteroatoms. The molecule has 0 bridgehead atoms. The van der Waals surface area contributed by atoms with Crippen molar-refractivity contribution in [3.8, 4) is 0 Å². The summed E-state index contributed by atoms with van der Waals surface area (Å²) in [5, 5.41) is 13.1. The van der Waals surface area contributed by atoms with E-state index in [0.717, 1.165) is 53.6 Å². The molecule has 3 N–H and O–H groups in total. The van der Waals surface area contributed by atoms with Crippen molar-refractivity contribution >= 4 is 34.7 Å². The number of amides is 4. The Morgan fingerprint density at radius 2 is 1.68 bits per heavy atom. The standard InChI is InChI=1S/C27H37N5O5/c1-17-15-21-16-20(9-10-22(21)28-17)25(34)31-11-13-32(14-12-31)26(35)23(19-7-5-4-6-8-19)29-24(33)18(2)30(3)27(36)37/h9-10,15-16,18-19,23,28H,4-8,11-14H2,1-3H3,(H,29,33)(H,36,37). The molecule has 2 unspecified atom stereocenters. The van der Waals surface area contributed by atoms with Gasteiger partial charge in [-0.15, -0.1) is 0 Å². The second-order valence-electron chi connectivity index (χ2n) is 10.3. The maximum atomic E-state index is 13.6. The normalized spacial score (nSPS) is 18.4. The van der Waals surface area contributed by atoms with Gasteiger partial charge in [-0.2, -0.15) is 0 Å². The lowest BCUT2D eigenvalue weighted by Crippen LogP contribution is -2.59. The highest BCUT2D eigenvalue weighted by Gasteiger charge is 2.37. The number of likely N-dealkylation sites (N-methyl/N-ethyl adjacent to an activating group) is 1. The smallest absolute Gasteiger partial charge is 0.407 e. The SMILES string of the molecule is Cc1cc2cc(C(=O)N3CCN(C(=O)C(NC(=O)C(C)N(C)C(=O)O)C4CCCCC4)CC3)ccc2[nH]1. The van der Waals surface area contributed by atoms with Crippen LogP contribution in [0.15, 0.2) is 24.3 Å². The summed E-state index contributed by atoms with van der Waals surface area (Å²) in [7, 11) is 1.34. The van der Waals surface area contributed by atoms with E-state index in [9.17, 15) is 24.3 Å². The molecule has 37 heavy (non-hydrogen) atoms. The highest BCUT2D eigenvalue weighted by atomic mass is 16.4. The molecule has 200 valence electrons. The number of carbonyl (C=O) groups is 4. The van der Waals surface area contributed by atoms with Crippen molar-refractivity contribution in [2.75, 3.05) is 33.2 Å². The van der Waals surface area contributed by atoms with Crippen LogP contribution in [0.3, 0.4) is 0 Å². The van der Waals surface area contributed by atoms with Crippen molar-refractivity contribution in [2.45, 2.75) is 58.0 Å². The topological polar surface area (TPSA) is 126 Å². The number of hydrogen-bond donors (Lipinski definition) is 3. The van der Waals surface area contributed by atoms with Crippen LogP contribution in [-0.2, 0) is 9.59 Å². The number of aromatic nitrogens is 1. The fraction of sp³-hybridized carbons (Fsp3) is 0.556. The van der Waals surface area contributed by atoms with Gasteiger partial charge in [-0.1, -0.05) is 19.3 Å². The Labute approximate surface area is 217 Å². The predicted octanol–water partition coefficient (Wildman–Crippen LogP) is 2.82. The Morgan fingerprint density at radius 3 is 2.32 bits per heavy atom. The molecule has 1 saturated heterocycles. The van der Waals surface area contributed by atoms with Gasteiger partial charge in [-0.05, 0) is 56.9 Å². The first-order valence-corrected chi connectivity index (χ1v) is 13.1. The summed E-state index contributed by atoms with van der Waals surface area (Å²) >= 11 is 0. The van der Waals surface area contributed by atoms with E-state index >= 15 is 0 Å². The Hall–Kier alpha value is -3.56. The molecule has 0 radical (unpaired) electrons. The van der Waals surface area contributed by atoms with Gasteiger partial charge in [0.05, 0.1) is 0 Å². The molecule has 2 aromatic rings. The Bertz CT molecular complexity index is 1160. The fourth-order valence-corrected chi connectivity index (χ4v) is 5.38. The van der Waals surface area contributed by atoms with E-state index in [2.05, 4.69) is 10.3 Å². The van der Waals surface area contributed by atoms with Crippen LogP contribution in [0.5, 0.6) is 0 Å². The number of carboxylic acid groups (broad SMARTS) is 1. The van der Waals surface area contributed by atoms with E-state index in [1.807, 2.05) is 31.2 Å². The highest BCUT2D eigenvalue weighted by Crippen LogP contribution is 2.28. The summed E-state index contributed by atoms with van der Waals surface area (Å²) in [4.78, 5) is 58.7. The van der Waals surface area contributed by atoms with Gasteiger partial charge in [-0.25, -0.2) is 4.79 Å². The average molecular weight is 512 g/mol. The molecule has 10 nitrogen and oxygen atoms in total. The van der Waals surface area contributed by atoms with Crippen LogP contribution in [0, 0.1) is 12.8 Å². The Morgan fingerprint density at radius 1 is 1.03 bits per heavy atom. The molecule has 1 aliphatic heterocycles. The first kappa shape index (κ1) is 26.5. The maximum absolute atomic E-state index is 13.6. The number of piperazine rings is 1.